The molecule has 0 aromatic heterocycles. The van der Waals surface area contributed by atoms with Crippen molar-refractivity contribution in [2.24, 2.45) is 11.8 Å². The highest BCUT2D eigenvalue weighted by molar-refractivity contribution is 6.31. The second-order valence-electron chi connectivity index (χ2n) is 6.83. The lowest BCUT2D eigenvalue weighted by Gasteiger charge is -2.22. The number of fused-ring (bicyclic) bond motifs is 1. The molecular weight excluding hydrogens is 380 g/mol. The zero-order valence-electron chi connectivity index (χ0n) is 15.2. The van der Waals surface area contributed by atoms with Gasteiger partial charge in [0.2, 0.25) is 11.8 Å². The molecule has 0 aliphatic carbocycles. The topological polar surface area (TPSA) is 75.7 Å². The number of carbonyl (C=O) groups excluding carboxylic acids is 3. The molecule has 0 radical (unpaired) electrons. The summed E-state index contributed by atoms with van der Waals surface area (Å²) < 4.78 is 5.16. The molecule has 0 bridgehead atoms. The van der Waals surface area contributed by atoms with Crippen LogP contribution in [-0.2, 0) is 19.1 Å². The molecule has 7 heteroatoms. The van der Waals surface area contributed by atoms with Gasteiger partial charge in [-0.2, -0.15) is 0 Å². The van der Waals surface area contributed by atoms with Crippen LogP contribution in [0, 0.1) is 11.8 Å². The van der Waals surface area contributed by atoms with E-state index in [9.17, 15) is 14.4 Å². The molecule has 6 nitrogen and oxygen atoms in total. The number of amides is 2. The molecule has 4 atom stereocenters. The number of ether oxygens (including phenoxy) is 1. The normalized spacial score (nSPS) is 26.4. The summed E-state index contributed by atoms with van der Waals surface area (Å²) in [6.07, 6.45) is 0. The van der Waals surface area contributed by atoms with Gasteiger partial charge >= 0.3 is 5.97 Å². The molecular formula is C21H19ClN2O4. The van der Waals surface area contributed by atoms with Crippen molar-refractivity contribution in [3.05, 3.63) is 65.2 Å². The van der Waals surface area contributed by atoms with E-state index in [1.807, 2.05) is 30.3 Å². The Labute approximate surface area is 167 Å². The number of benzene rings is 2. The number of rotatable bonds is 4. The smallest absolute Gasteiger partial charge is 0.324 e. The Balaban J connectivity index is 1.76. The van der Waals surface area contributed by atoms with E-state index in [4.69, 9.17) is 16.3 Å². The van der Waals surface area contributed by atoms with Crippen LogP contribution < -0.4 is 10.2 Å². The first kappa shape index (κ1) is 18.7. The van der Waals surface area contributed by atoms with Gasteiger partial charge in [-0.1, -0.05) is 48.0 Å². The van der Waals surface area contributed by atoms with Crippen molar-refractivity contribution < 1.29 is 19.1 Å². The van der Waals surface area contributed by atoms with Crippen molar-refractivity contribution >= 4 is 35.1 Å². The summed E-state index contributed by atoms with van der Waals surface area (Å²) in [5, 5.41) is 3.59. The molecule has 2 fully saturated rings. The van der Waals surface area contributed by atoms with Gasteiger partial charge in [-0.05, 0) is 30.7 Å². The standard InChI is InChI=1S/C21H19ClN2O4/c1-2-28-21(27)18-16-15(17(23-18)12-7-4-3-5-8-12)19(25)24(20(16)26)14-10-6-9-13(22)11-14/h3-11,15-18,23H,2H2,1H3/t15-,16+,17-,18-/m1/s1. The Kier molecular flexibility index (Phi) is 4.91. The number of anilines is 1. The molecule has 4 rings (SSSR count). The van der Waals surface area contributed by atoms with Gasteiger partial charge in [-0.3, -0.25) is 19.7 Å². The van der Waals surface area contributed by atoms with Crippen molar-refractivity contribution in [2.75, 3.05) is 11.5 Å². The number of halogens is 1. The maximum absolute atomic E-state index is 13.3. The van der Waals surface area contributed by atoms with E-state index >= 15 is 0 Å². The molecule has 2 aromatic carbocycles. The molecule has 2 aliphatic heterocycles. The van der Waals surface area contributed by atoms with Gasteiger partial charge in [-0.15, -0.1) is 0 Å². The Hall–Kier alpha value is -2.70. The van der Waals surface area contributed by atoms with Gasteiger partial charge in [0.15, 0.2) is 0 Å². The highest BCUT2D eigenvalue weighted by atomic mass is 35.5. The van der Waals surface area contributed by atoms with E-state index < -0.39 is 35.8 Å². The molecule has 0 unspecified atom stereocenters. The van der Waals surface area contributed by atoms with Gasteiger partial charge in [0, 0.05) is 11.1 Å². The van der Waals surface area contributed by atoms with E-state index in [0.29, 0.717) is 10.7 Å². The Morgan fingerprint density at radius 1 is 1.07 bits per heavy atom. The van der Waals surface area contributed by atoms with Crippen LogP contribution in [0.15, 0.2) is 54.6 Å². The van der Waals surface area contributed by atoms with Crippen LogP contribution in [0.3, 0.4) is 0 Å². The molecule has 1 N–H and O–H groups in total. The van der Waals surface area contributed by atoms with Crippen LogP contribution in [0.25, 0.3) is 0 Å². The van der Waals surface area contributed by atoms with E-state index in [1.54, 1.807) is 31.2 Å². The minimum atomic E-state index is -0.879. The van der Waals surface area contributed by atoms with Crippen molar-refractivity contribution in [2.45, 2.75) is 19.0 Å². The van der Waals surface area contributed by atoms with Crippen molar-refractivity contribution in [3.8, 4) is 0 Å². The summed E-state index contributed by atoms with van der Waals surface area (Å²) in [6, 6.07) is 14.6. The molecule has 0 saturated carbocycles. The minimum Gasteiger partial charge on any atom is -0.465 e. The molecule has 0 spiro atoms. The first-order valence-corrected chi connectivity index (χ1v) is 9.51. The van der Waals surface area contributed by atoms with Crippen LogP contribution in [0.2, 0.25) is 5.02 Å². The first-order valence-electron chi connectivity index (χ1n) is 9.14. The molecule has 2 aromatic rings. The van der Waals surface area contributed by atoms with Gasteiger partial charge in [-0.25, -0.2) is 4.90 Å². The van der Waals surface area contributed by atoms with Crippen LogP contribution >= 0.6 is 11.6 Å². The molecule has 144 valence electrons. The van der Waals surface area contributed by atoms with Crippen molar-refractivity contribution in [1.82, 2.24) is 5.32 Å². The largest absolute Gasteiger partial charge is 0.465 e. The summed E-state index contributed by atoms with van der Waals surface area (Å²) in [4.78, 5) is 40.2. The van der Waals surface area contributed by atoms with E-state index in [2.05, 4.69) is 5.32 Å². The molecule has 2 aliphatic rings. The molecule has 28 heavy (non-hydrogen) atoms. The highest BCUT2D eigenvalue weighted by Gasteiger charge is 2.61. The van der Waals surface area contributed by atoms with Gasteiger partial charge in [0.05, 0.1) is 24.1 Å². The van der Waals surface area contributed by atoms with Gasteiger partial charge < -0.3 is 4.74 Å². The zero-order chi connectivity index (χ0) is 19.8. The Morgan fingerprint density at radius 3 is 2.46 bits per heavy atom. The second kappa shape index (κ2) is 7.37. The number of nitrogens with zero attached hydrogens (tertiary/aromatic N) is 1. The van der Waals surface area contributed by atoms with Crippen LogP contribution in [0.5, 0.6) is 0 Å². The number of imide groups is 1. The first-order chi connectivity index (χ1) is 13.5. The maximum atomic E-state index is 13.3. The molecule has 2 saturated heterocycles. The quantitative estimate of drug-likeness (QED) is 0.633. The maximum Gasteiger partial charge on any atom is 0.324 e. The highest BCUT2D eigenvalue weighted by Crippen LogP contribution is 2.45. The number of nitrogens with one attached hydrogen (secondary N) is 1. The number of hydrogen-bond acceptors (Lipinski definition) is 5. The molecule has 2 heterocycles. The van der Waals surface area contributed by atoms with Crippen molar-refractivity contribution in [1.29, 1.82) is 0 Å². The number of carbonyl (C=O) groups is 3. The summed E-state index contributed by atoms with van der Waals surface area (Å²) in [5.74, 6) is -2.80. The van der Waals surface area contributed by atoms with Crippen LogP contribution in [0.1, 0.15) is 18.5 Å². The lowest BCUT2D eigenvalue weighted by atomic mass is 9.86. The number of esters is 1. The lowest BCUT2D eigenvalue weighted by molar-refractivity contribution is -0.148. The number of hydrogen-bond donors (Lipinski definition) is 1. The van der Waals surface area contributed by atoms with Crippen molar-refractivity contribution in [3.63, 3.8) is 0 Å². The SMILES string of the molecule is CCOC(=O)[C@@H]1N[C@H](c2ccccc2)[C@@H]2C(=O)N(c3cccc(Cl)c3)C(=O)[C@@H]21. The summed E-state index contributed by atoms with van der Waals surface area (Å²) in [5.41, 5.74) is 1.25. The third-order valence-corrected chi connectivity index (χ3v) is 5.48. The fraction of sp³-hybridized carbons (Fsp3) is 0.286. The average Bonchev–Trinajstić information content (AvgIpc) is 3.20. The predicted molar refractivity (Wildman–Crippen MR) is 104 cm³/mol. The Bertz CT molecular complexity index is 933. The van der Waals surface area contributed by atoms with Crippen LogP contribution in [0.4, 0.5) is 5.69 Å². The monoisotopic (exact) mass is 398 g/mol. The second-order valence-corrected chi connectivity index (χ2v) is 7.26. The summed E-state index contributed by atoms with van der Waals surface area (Å²) in [7, 11) is 0. The zero-order valence-corrected chi connectivity index (χ0v) is 15.9. The fourth-order valence-electron chi connectivity index (χ4n) is 4.09. The Morgan fingerprint density at radius 2 is 1.79 bits per heavy atom. The average molecular weight is 399 g/mol. The minimum absolute atomic E-state index is 0.199. The fourth-order valence-corrected chi connectivity index (χ4v) is 4.28. The summed E-state index contributed by atoms with van der Waals surface area (Å²) >= 11 is 6.05. The lowest BCUT2D eigenvalue weighted by Crippen LogP contribution is -2.44. The predicted octanol–water partition coefficient (Wildman–Crippen LogP) is 2.72. The third kappa shape index (κ3) is 2.99. The third-order valence-electron chi connectivity index (χ3n) is 5.24. The van der Waals surface area contributed by atoms with Crippen LogP contribution in [-0.4, -0.2) is 30.4 Å². The molecule has 2 amide bonds. The summed E-state index contributed by atoms with van der Waals surface area (Å²) in [6.45, 7) is 1.91. The van der Waals surface area contributed by atoms with Gasteiger partial charge in [0.1, 0.15) is 6.04 Å². The van der Waals surface area contributed by atoms with Gasteiger partial charge in [0.25, 0.3) is 0 Å². The van der Waals surface area contributed by atoms with E-state index in [-0.39, 0.29) is 12.5 Å². The van der Waals surface area contributed by atoms with E-state index in [0.717, 1.165) is 10.5 Å². The van der Waals surface area contributed by atoms with E-state index in [1.165, 1.54) is 0 Å².